The molecule has 8 nitrogen and oxygen atoms in total. The molecule has 2 fully saturated rings. The lowest BCUT2D eigenvalue weighted by Gasteiger charge is -2.38. The number of amides is 1. The molecule has 0 aromatic heterocycles. The fourth-order valence-corrected chi connectivity index (χ4v) is 5.94. The van der Waals surface area contributed by atoms with Crippen LogP contribution in [-0.2, 0) is 24.3 Å². The molecule has 0 radical (unpaired) electrons. The van der Waals surface area contributed by atoms with Gasteiger partial charge in [0.2, 0.25) is 15.9 Å². The van der Waals surface area contributed by atoms with Crippen molar-refractivity contribution >= 4 is 21.9 Å². The summed E-state index contributed by atoms with van der Waals surface area (Å²) in [6, 6.07) is 6.23. The number of nitrogens with one attached hydrogen (secondary N) is 1. The zero-order chi connectivity index (χ0) is 22.5. The average Bonchev–Trinajstić information content (AvgIpc) is 2.80. The van der Waals surface area contributed by atoms with E-state index in [0.717, 1.165) is 19.3 Å². The number of rotatable bonds is 7. The molecule has 9 heteroatoms. The van der Waals surface area contributed by atoms with E-state index in [4.69, 9.17) is 9.47 Å². The van der Waals surface area contributed by atoms with Crippen LogP contribution >= 0.6 is 0 Å². The van der Waals surface area contributed by atoms with Gasteiger partial charge in [-0.2, -0.15) is 4.31 Å². The van der Waals surface area contributed by atoms with Gasteiger partial charge in [0.1, 0.15) is 11.3 Å². The van der Waals surface area contributed by atoms with Crippen molar-refractivity contribution in [2.24, 2.45) is 5.92 Å². The van der Waals surface area contributed by atoms with E-state index in [2.05, 4.69) is 5.32 Å². The Morgan fingerprint density at radius 1 is 1.13 bits per heavy atom. The lowest BCUT2D eigenvalue weighted by Crippen LogP contribution is -2.59. The van der Waals surface area contributed by atoms with Crippen LogP contribution in [0.3, 0.4) is 0 Å². The highest BCUT2D eigenvalue weighted by Gasteiger charge is 2.44. The van der Waals surface area contributed by atoms with Gasteiger partial charge < -0.3 is 14.8 Å². The highest BCUT2D eigenvalue weighted by molar-refractivity contribution is 7.89. The quantitative estimate of drug-likeness (QED) is 0.638. The van der Waals surface area contributed by atoms with E-state index >= 15 is 0 Å². The number of piperidine rings is 1. The zero-order valence-electron chi connectivity index (χ0n) is 18.3. The predicted octanol–water partition coefficient (Wildman–Crippen LogP) is 2.48. The van der Waals surface area contributed by atoms with Crippen molar-refractivity contribution in [2.45, 2.75) is 62.3 Å². The Kier molecular flexibility index (Phi) is 7.59. The van der Waals surface area contributed by atoms with Gasteiger partial charge in [0.25, 0.3) is 0 Å². The number of hydrogen-bond donors (Lipinski definition) is 1. The van der Waals surface area contributed by atoms with Gasteiger partial charge in [0, 0.05) is 13.1 Å². The largest absolute Gasteiger partial charge is 0.497 e. The molecule has 0 bridgehead atoms. The number of benzene rings is 1. The molecule has 1 saturated carbocycles. The Labute approximate surface area is 184 Å². The number of carbonyl (C=O) groups excluding carboxylic acids is 2. The van der Waals surface area contributed by atoms with E-state index in [1.807, 2.05) is 0 Å². The molecule has 1 saturated heterocycles. The second-order valence-electron chi connectivity index (χ2n) is 8.23. The van der Waals surface area contributed by atoms with Crippen LogP contribution in [0.15, 0.2) is 29.2 Å². The minimum atomic E-state index is -3.72. The highest BCUT2D eigenvalue weighted by Crippen LogP contribution is 2.31. The van der Waals surface area contributed by atoms with E-state index in [0.29, 0.717) is 38.0 Å². The summed E-state index contributed by atoms with van der Waals surface area (Å²) in [4.78, 5) is 25.9. The summed E-state index contributed by atoms with van der Waals surface area (Å²) in [6.07, 6.45) is 4.99. The van der Waals surface area contributed by atoms with Gasteiger partial charge in [0.15, 0.2) is 0 Å². The van der Waals surface area contributed by atoms with E-state index in [9.17, 15) is 18.0 Å². The van der Waals surface area contributed by atoms with Crippen LogP contribution in [0.2, 0.25) is 0 Å². The number of methoxy groups -OCH3 is 1. The summed E-state index contributed by atoms with van der Waals surface area (Å²) in [7, 11) is -2.20. The standard InChI is InChI=1S/C22H32N2O6S/c1-3-30-21(26)22(13-5-4-6-14-22)23-20(25)17-8-7-15-24(16-17)31(27,28)19-11-9-18(29-2)10-12-19/h9-12,17H,3-8,13-16H2,1-2H3,(H,23,25). The highest BCUT2D eigenvalue weighted by atomic mass is 32.2. The molecule has 1 aromatic rings. The molecule has 31 heavy (non-hydrogen) atoms. The van der Waals surface area contributed by atoms with Crippen molar-refractivity contribution < 1.29 is 27.5 Å². The molecule has 1 atom stereocenters. The lowest BCUT2D eigenvalue weighted by atomic mass is 9.81. The number of sulfonamides is 1. The van der Waals surface area contributed by atoms with Crippen LogP contribution < -0.4 is 10.1 Å². The normalized spacial score (nSPS) is 21.8. The van der Waals surface area contributed by atoms with Gasteiger partial charge in [-0.05, 0) is 56.9 Å². The Hall–Kier alpha value is -2.13. The summed E-state index contributed by atoms with van der Waals surface area (Å²) >= 11 is 0. The summed E-state index contributed by atoms with van der Waals surface area (Å²) in [6.45, 7) is 2.47. The van der Waals surface area contributed by atoms with Crippen molar-refractivity contribution in [3.05, 3.63) is 24.3 Å². The molecule has 1 aliphatic heterocycles. The zero-order valence-corrected chi connectivity index (χ0v) is 19.1. The Bertz CT molecular complexity index is 878. The maximum Gasteiger partial charge on any atom is 0.331 e. The molecule has 1 aliphatic carbocycles. The SMILES string of the molecule is CCOC(=O)C1(NC(=O)C2CCCN(S(=O)(=O)c3ccc(OC)cc3)C2)CCCCC1. The van der Waals surface area contributed by atoms with Crippen LogP contribution in [0, 0.1) is 5.92 Å². The van der Waals surface area contributed by atoms with E-state index in [1.54, 1.807) is 19.1 Å². The van der Waals surface area contributed by atoms with Gasteiger partial charge in [0.05, 0.1) is 24.5 Å². The molecular weight excluding hydrogens is 420 g/mol. The first-order valence-electron chi connectivity index (χ1n) is 11.0. The third kappa shape index (κ3) is 5.20. The smallest absolute Gasteiger partial charge is 0.331 e. The van der Waals surface area contributed by atoms with Crippen molar-refractivity contribution in [3.8, 4) is 5.75 Å². The molecule has 1 unspecified atom stereocenters. The predicted molar refractivity (Wildman–Crippen MR) is 115 cm³/mol. The van der Waals surface area contributed by atoms with Gasteiger partial charge in [-0.3, -0.25) is 4.79 Å². The van der Waals surface area contributed by atoms with Crippen molar-refractivity contribution in [1.82, 2.24) is 9.62 Å². The third-order valence-corrected chi connectivity index (χ3v) is 8.07. The van der Waals surface area contributed by atoms with Gasteiger partial charge in [-0.15, -0.1) is 0 Å². The molecule has 1 heterocycles. The molecule has 0 spiro atoms. The summed E-state index contributed by atoms with van der Waals surface area (Å²) in [5.74, 6) is -0.590. The number of ether oxygens (including phenoxy) is 2. The fraction of sp³-hybridized carbons (Fsp3) is 0.636. The molecule has 1 N–H and O–H groups in total. The maximum absolute atomic E-state index is 13.1. The van der Waals surface area contributed by atoms with E-state index in [1.165, 1.54) is 23.5 Å². The summed E-state index contributed by atoms with van der Waals surface area (Å²) < 4.78 is 37.9. The number of carbonyl (C=O) groups is 2. The second kappa shape index (κ2) is 9.99. The number of hydrogen-bond acceptors (Lipinski definition) is 6. The van der Waals surface area contributed by atoms with Crippen molar-refractivity contribution in [3.63, 3.8) is 0 Å². The first-order valence-corrected chi connectivity index (χ1v) is 12.4. The van der Waals surface area contributed by atoms with E-state index in [-0.39, 0.29) is 29.9 Å². The van der Waals surface area contributed by atoms with Crippen LogP contribution in [0.1, 0.15) is 51.9 Å². The lowest BCUT2D eigenvalue weighted by molar-refractivity contribution is -0.155. The van der Waals surface area contributed by atoms with Crippen LogP contribution in [-0.4, -0.2) is 56.9 Å². The topological polar surface area (TPSA) is 102 Å². The molecule has 172 valence electrons. The van der Waals surface area contributed by atoms with Crippen LogP contribution in [0.25, 0.3) is 0 Å². The molecule has 1 aromatic carbocycles. The minimum absolute atomic E-state index is 0.0963. The Morgan fingerprint density at radius 2 is 1.81 bits per heavy atom. The summed E-state index contributed by atoms with van der Waals surface area (Å²) in [5.41, 5.74) is -0.998. The van der Waals surface area contributed by atoms with Crippen molar-refractivity contribution in [2.75, 3.05) is 26.8 Å². The minimum Gasteiger partial charge on any atom is -0.497 e. The van der Waals surface area contributed by atoms with Crippen LogP contribution in [0.5, 0.6) is 5.75 Å². The molecule has 3 rings (SSSR count). The fourth-order valence-electron chi connectivity index (χ4n) is 4.41. The maximum atomic E-state index is 13.1. The molecule has 2 aliphatic rings. The second-order valence-corrected chi connectivity index (χ2v) is 10.2. The van der Waals surface area contributed by atoms with Gasteiger partial charge >= 0.3 is 5.97 Å². The number of nitrogens with zero attached hydrogens (tertiary/aromatic N) is 1. The first kappa shape index (κ1) is 23.5. The first-order chi connectivity index (χ1) is 14.8. The monoisotopic (exact) mass is 452 g/mol. The van der Waals surface area contributed by atoms with Gasteiger partial charge in [-0.25, -0.2) is 13.2 Å². The third-order valence-electron chi connectivity index (χ3n) is 6.19. The Balaban J connectivity index is 1.72. The Morgan fingerprint density at radius 3 is 2.42 bits per heavy atom. The number of esters is 1. The van der Waals surface area contributed by atoms with Crippen molar-refractivity contribution in [1.29, 1.82) is 0 Å². The molecule has 1 amide bonds. The summed E-state index contributed by atoms with van der Waals surface area (Å²) in [5, 5.41) is 2.96. The van der Waals surface area contributed by atoms with Crippen LogP contribution in [0.4, 0.5) is 0 Å². The average molecular weight is 453 g/mol. The van der Waals surface area contributed by atoms with E-state index < -0.39 is 21.5 Å². The van der Waals surface area contributed by atoms with Gasteiger partial charge in [-0.1, -0.05) is 19.3 Å². The molecular formula is C22H32N2O6S.